The fraction of sp³-hybridized carbons (Fsp3) is 0.429. The van der Waals surface area contributed by atoms with Crippen LogP contribution in [0, 0.1) is 17.4 Å². The maximum atomic E-state index is 4.24. The zero-order chi connectivity index (χ0) is 12.2. The Morgan fingerprint density at radius 2 is 1.88 bits per heavy atom. The number of halogens is 1. The van der Waals surface area contributed by atoms with E-state index in [4.69, 9.17) is 0 Å². The average Bonchev–Trinajstić information content (AvgIpc) is 2.36. The van der Waals surface area contributed by atoms with E-state index in [0.29, 0.717) is 0 Å². The van der Waals surface area contributed by atoms with Crippen LogP contribution in [0.1, 0.15) is 36.1 Å². The van der Waals surface area contributed by atoms with Crippen LogP contribution >= 0.6 is 22.6 Å². The fourth-order valence-corrected chi connectivity index (χ4v) is 3.43. The van der Waals surface area contributed by atoms with Crippen molar-refractivity contribution in [2.45, 2.75) is 33.2 Å². The van der Waals surface area contributed by atoms with E-state index in [2.05, 4.69) is 74.9 Å². The van der Waals surface area contributed by atoms with Crippen molar-refractivity contribution in [1.82, 2.24) is 4.90 Å². The lowest BCUT2D eigenvalue weighted by Gasteiger charge is -2.31. The van der Waals surface area contributed by atoms with Crippen LogP contribution in [0.15, 0.2) is 12.6 Å². The van der Waals surface area contributed by atoms with Crippen LogP contribution < -0.4 is 0 Å². The van der Waals surface area contributed by atoms with Crippen LogP contribution in [-0.2, 0) is 5.54 Å². The summed E-state index contributed by atoms with van der Waals surface area (Å²) in [5.74, 6) is 0. The number of nitrogens with zero attached hydrogens (tertiary/aromatic N) is 1. The summed E-state index contributed by atoms with van der Waals surface area (Å²) in [5, 5.41) is 0. The first-order chi connectivity index (χ1) is 7.28. The molecule has 0 fully saturated rings. The van der Waals surface area contributed by atoms with Crippen molar-refractivity contribution < 1.29 is 0 Å². The molecule has 0 aromatic heterocycles. The molecule has 1 aliphatic rings. The predicted octanol–water partition coefficient (Wildman–Crippen LogP) is 4.06. The van der Waals surface area contributed by atoms with Crippen LogP contribution in [0.4, 0.5) is 0 Å². The molecule has 1 nitrogen and oxygen atoms in total. The molecule has 2 rings (SSSR count). The molecule has 0 aliphatic carbocycles. The number of rotatable bonds is 0. The Hall–Kier alpha value is -0.510. The molecule has 0 bridgehead atoms. The van der Waals surface area contributed by atoms with Crippen molar-refractivity contribution in [3.05, 3.63) is 38.5 Å². The summed E-state index contributed by atoms with van der Waals surface area (Å²) in [6.07, 6.45) is 0. The number of hydrogen-bond acceptors (Lipinski definition) is 1. The molecule has 0 amide bonds. The lowest BCUT2D eigenvalue weighted by molar-refractivity contribution is 0.263. The minimum Gasteiger partial charge on any atom is -0.365 e. The minimum atomic E-state index is 0.0611. The smallest absolute Gasteiger partial charge is 0.0603 e. The number of hydrogen-bond donors (Lipinski definition) is 0. The Kier molecular flexibility index (Phi) is 2.61. The Labute approximate surface area is 112 Å². The molecule has 86 valence electrons. The maximum Gasteiger partial charge on any atom is 0.0603 e. The third kappa shape index (κ3) is 1.35. The first-order valence-electron chi connectivity index (χ1n) is 5.51. The van der Waals surface area contributed by atoms with Gasteiger partial charge in [0.15, 0.2) is 0 Å². The third-order valence-corrected chi connectivity index (χ3v) is 4.99. The van der Waals surface area contributed by atoms with E-state index in [9.17, 15) is 0 Å². The van der Waals surface area contributed by atoms with Crippen molar-refractivity contribution in [2.75, 3.05) is 7.05 Å². The zero-order valence-electron chi connectivity index (χ0n) is 10.6. The Morgan fingerprint density at radius 1 is 1.31 bits per heavy atom. The van der Waals surface area contributed by atoms with Gasteiger partial charge in [0.05, 0.1) is 5.54 Å². The zero-order valence-corrected chi connectivity index (χ0v) is 12.8. The van der Waals surface area contributed by atoms with E-state index in [1.54, 1.807) is 0 Å². The van der Waals surface area contributed by atoms with Gasteiger partial charge in [-0.3, -0.25) is 0 Å². The molecule has 0 N–H and O–H groups in total. The van der Waals surface area contributed by atoms with Gasteiger partial charge in [-0.2, -0.15) is 0 Å². The van der Waals surface area contributed by atoms with Crippen LogP contribution in [-0.4, -0.2) is 11.9 Å². The highest BCUT2D eigenvalue weighted by atomic mass is 127. The molecule has 0 radical (unpaired) electrons. The molecule has 1 aliphatic heterocycles. The van der Waals surface area contributed by atoms with Crippen molar-refractivity contribution in [1.29, 1.82) is 0 Å². The molecule has 0 atom stereocenters. The fourth-order valence-electron chi connectivity index (χ4n) is 2.70. The Morgan fingerprint density at radius 3 is 2.44 bits per heavy atom. The molecule has 1 heterocycles. The third-order valence-electron chi connectivity index (χ3n) is 3.86. The summed E-state index contributed by atoms with van der Waals surface area (Å²) in [6, 6.07) is 2.28. The number of aryl methyl sites for hydroxylation is 1. The SMILES string of the molecule is C=C1c2c(C)c(I)cc(C)c2C(C)(C)N1C. The maximum absolute atomic E-state index is 4.24. The first kappa shape index (κ1) is 12.0. The van der Waals surface area contributed by atoms with Crippen LogP contribution in [0.25, 0.3) is 5.70 Å². The van der Waals surface area contributed by atoms with Crippen molar-refractivity contribution in [3.8, 4) is 0 Å². The second-order valence-electron chi connectivity index (χ2n) is 5.12. The highest BCUT2D eigenvalue weighted by Gasteiger charge is 2.39. The van der Waals surface area contributed by atoms with Crippen LogP contribution in [0.3, 0.4) is 0 Å². The molecular weight excluding hydrogens is 309 g/mol. The van der Waals surface area contributed by atoms with Crippen LogP contribution in [0.5, 0.6) is 0 Å². The second kappa shape index (κ2) is 3.49. The molecule has 16 heavy (non-hydrogen) atoms. The highest BCUT2D eigenvalue weighted by Crippen LogP contribution is 2.47. The molecule has 0 unspecified atom stereocenters. The van der Waals surface area contributed by atoms with Gasteiger partial charge in [-0.1, -0.05) is 6.58 Å². The van der Waals surface area contributed by atoms with Crippen molar-refractivity contribution >= 4 is 28.3 Å². The van der Waals surface area contributed by atoms with E-state index in [1.807, 2.05) is 0 Å². The normalized spacial score (nSPS) is 17.9. The number of fused-ring (bicyclic) bond motifs is 1. The molecule has 0 spiro atoms. The molecular formula is C14H18IN. The summed E-state index contributed by atoms with van der Waals surface area (Å²) in [4.78, 5) is 2.29. The van der Waals surface area contributed by atoms with Gasteiger partial charge in [-0.15, -0.1) is 0 Å². The van der Waals surface area contributed by atoms with E-state index < -0.39 is 0 Å². The largest absolute Gasteiger partial charge is 0.365 e. The van der Waals surface area contributed by atoms with E-state index >= 15 is 0 Å². The second-order valence-corrected chi connectivity index (χ2v) is 6.28. The first-order valence-corrected chi connectivity index (χ1v) is 6.59. The van der Waals surface area contributed by atoms with Crippen molar-refractivity contribution in [2.24, 2.45) is 0 Å². The quantitative estimate of drug-likeness (QED) is 0.650. The molecule has 1 aromatic carbocycles. The average molecular weight is 327 g/mol. The summed E-state index contributed by atoms with van der Waals surface area (Å²) >= 11 is 2.41. The van der Waals surface area contributed by atoms with Gasteiger partial charge in [0.1, 0.15) is 0 Å². The molecule has 1 aromatic rings. The van der Waals surface area contributed by atoms with Gasteiger partial charge < -0.3 is 4.90 Å². The molecule has 2 heteroatoms. The highest BCUT2D eigenvalue weighted by molar-refractivity contribution is 14.1. The van der Waals surface area contributed by atoms with Crippen molar-refractivity contribution in [3.63, 3.8) is 0 Å². The van der Waals surface area contributed by atoms with E-state index in [0.717, 1.165) is 5.70 Å². The van der Waals surface area contributed by atoms with E-state index in [1.165, 1.54) is 25.8 Å². The van der Waals surface area contributed by atoms with Gasteiger partial charge in [-0.05, 0) is 73.0 Å². The van der Waals surface area contributed by atoms with Gasteiger partial charge >= 0.3 is 0 Å². The monoisotopic (exact) mass is 327 g/mol. The summed E-state index contributed by atoms with van der Waals surface area (Å²) in [6.45, 7) is 13.2. The standard InChI is InChI=1S/C14H18IN/c1-8-7-11(15)9(2)12-10(3)16(6)14(4,5)13(8)12/h7H,3H2,1-2,4-6H3. The van der Waals surface area contributed by atoms with E-state index in [-0.39, 0.29) is 5.54 Å². The van der Waals surface area contributed by atoms with Gasteiger partial charge in [0, 0.05) is 21.9 Å². The number of benzene rings is 1. The Balaban J connectivity index is 2.86. The summed E-state index contributed by atoms with van der Waals surface area (Å²) < 4.78 is 1.33. The lowest BCUT2D eigenvalue weighted by atomic mass is 9.88. The van der Waals surface area contributed by atoms with Gasteiger partial charge in [0.2, 0.25) is 0 Å². The summed E-state index contributed by atoms with van der Waals surface area (Å²) in [7, 11) is 2.13. The topological polar surface area (TPSA) is 3.24 Å². The van der Waals surface area contributed by atoms with Crippen LogP contribution in [0.2, 0.25) is 0 Å². The summed E-state index contributed by atoms with van der Waals surface area (Å²) in [5.41, 5.74) is 6.75. The molecule has 0 saturated heterocycles. The molecule has 0 saturated carbocycles. The predicted molar refractivity (Wildman–Crippen MR) is 78.5 cm³/mol. The lowest BCUT2D eigenvalue weighted by Crippen LogP contribution is -2.31. The minimum absolute atomic E-state index is 0.0611. The van der Waals surface area contributed by atoms with Gasteiger partial charge in [0.25, 0.3) is 0 Å². The Bertz CT molecular complexity index is 486. The van der Waals surface area contributed by atoms with Gasteiger partial charge in [-0.25, -0.2) is 0 Å².